The van der Waals surface area contributed by atoms with Gasteiger partial charge in [-0.15, -0.1) is 11.8 Å². The third kappa shape index (κ3) is 4.28. The van der Waals surface area contributed by atoms with E-state index in [1.807, 2.05) is 62.6 Å². The molecule has 0 aliphatic rings. The first-order valence-electron chi connectivity index (χ1n) is 7.18. The van der Waals surface area contributed by atoms with Crippen LogP contribution in [-0.2, 0) is 4.79 Å². The van der Waals surface area contributed by atoms with Gasteiger partial charge in [-0.2, -0.15) is 0 Å². The van der Waals surface area contributed by atoms with Crippen LogP contribution in [0.25, 0.3) is 0 Å². The van der Waals surface area contributed by atoms with E-state index in [-0.39, 0.29) is 5.91 Å². The van der Waals surface area contributed by atoms with Gasteiger partial charge in [0.15, 0.2) is 6.10 Å². The molecule has 4 heteroatoms. The van der Waals surface area contributed by atoms with Crippen LogP contribution in [0.15, 0.2) is 47.4 Å². The van der Waals surface area contributed by atoms with Crippen molar-refractivity contribution in [2.45, 2.75) is 31.8 Å². The normalized spacial score (nSPS) is 11.8. The van der Waals surface area contributed by atoms with E-state index < -0.39 is 6.10 Å². The fourth-order valence-corrected chi connectivity index (χ4v) is 2.58. The molecule has 0 aliphatic carbocycles. The zero-order valence-corrected chi connectivity index (χ0v) is 14.2. The molecule has 1 N–H and O–H groups in total. The minimum absolute atomic E-state index is 0.154. The third-order valence-corrected chi connectivity index (χ3v) is 4.07. The fraction of sp³-hybridized carbons (Fsp3) is 0.278. The van der Waals surface area contributed by atoms with E-state index in [9.17, 15) is 4.79 Å². The second-order valence-corrected chi connectivity index (χ2v) is 6.13. The average Bonchev–Trinajstić information content (AvgIpc) is 2.50. The largest absolute Gasteiger partial charge is 0.481 e. The van der Waals surface area contributed by atoms with E-state index >= 15 is 0 Å². The molecule has 2 rings (SSSR count). The summed E-state index contributed by atoms with van der Waals surface area (Å²) >= 11 is 1.64. The quantitative estimate of drug-likeness (QED) is 0.829. The summed E-state index contributed by atoms with van der Waals surface area (Å²) in [5, 5.41) is 2.89. The van der Waals surface area contributed by atoms with Crippen LogP contribution in [0, 0.1) is 13.8 Å². The van der Waals surface area contributed by atoms with Gasteiger partial charge in [0.25, 0.3) is 5.91 Å². The number of benzene rings is 2. The first-order valence-corrected chi connectivity index (χ1v) is 8.41. The molecular formula is C18H21NO2S. The maximum absolute atomic E-state index is 12.3. The molecule has 0 spiro atoms. The number of ether oxygens (including phenoxy) is 1. The topological polar surface area (TPSA) is 38.3 Å². The van der Waals surface area contributed by atoms with Crippen molar-refractivity contribution in [3.63, 3.8) is 0 Å². The SMILES string of the molecule is CSc1cccc(NC(=O)[C@H](C)Oc2ccc(C)cc2C)c1. The zero-order chi connectivity index (χ0) is 16.1. The van der Waals surface area contributed by atoms with E-state index in [0.29, 0.717) is 0 Å². The van der Waals surface area contributed by atoms with E-state index in [1.165, 1.54) is 5.56 Å². The lowest BCUT2D eigenvalue weighted by Gasteiger charge is -2.16. The van der Waals surface area contributed by atoms with Gasteiger partial charge in [-0.05, 0) is 56.9 Å². The van der Waals surface area contributed by atoms with Crippen LogP contribution in [0.2, 0.25) is 0 Å². The smallest absolute Gasteiger partial charge is 0.265 e. The average molecular weight is 315 g/mol. The van der Waals surface area contributed by atoms with E-state index in [0.717, 1.165) is 21.9 Å². The maximum atomic E-state index is 12.3. The molecule has 0 bridgehead atoms. The number of hydrogen-bond donors (Lipinski definition) is 1. The molecule has 0 fully saturated rings. The molecule has 0 radical (unpaired) electrons. The summed E-state index contributed by atoms with van der Waals surface area (Å²) in [6.45, 7) is 5.77. The number of carbonyl (C=O) groups is 1. The van der Waals surface area contributed by atoms with Gasteiger partial charge in [-0.25, -0.2) is 0 Å². The van der Waals surface area contributed by atoms with Gasteiger partial charge in [0.1, 0.15) is 5.75 Å². The fourth-order valence-electron chi connectivity index (χ4n) is 2.12. The highest BCUT2D eigenvalue weighted by atomic mass is 32.2. The highest BCUT2D eigenvalue weighted by Gasteiger charge is 2.16. The molecule has 0 saturated heterocycles. The molecule has 2 aromatic rings. The number of hydrogen-bond acceptors (Lipinski definition) is 3. The lowest BCUT2D eigenvalue weighted by atomic mass is 10.1. The predicted molar refractivity (Wildman–Crippen MR) is 92.9 cm³/mol. The number of nitrogens with one attached hydrogen (secondary N) is 1. The van der Waals surface area contributed by atoms with Crippen molar-refractivity contribution in [3.05, 3.63) is 53.6 Å². The number of amides is 1. The van der Waals surface area contributed by atoms with Crippen molar-refractivity contribution in [3.8, 4) is 5.75 Å². The molecule has 0 saturated carbocycles. The van der Waals surface area contributed by atoms with Crippen molar-refractivity contribution < 1.29 is 9.53 Å². The molecule has 0 unspecified atom stereocenters. The number of carbonyl (C=O) groups excluding carboxylic acids is 1. The van der Waals surface area contributed by atoms with Crippen LogP contribution in [0.3, 0.4) is 0 Å². The molecule has 22 heavy (non-hydrogen) atoms. The van der Waals surface area contributed by atoms with Crippen LogP contribution >= 0.6 is 11.8 Å². The number of rotatable bonds is 5. The highest BCUT2D eigenvalue weighted by molar-refractivity contribution is 7.98. The summed E-state index contributed by atoms with van der Waals surface area (Å²) in [5.74, 6) is 0.587. The standard InChI is InChI=1S/C18H21NO2S/c1-12-8-9-17(13(2)10-12)21-14(3)18(20)19-15-6-5-7-16(11-15)22-4/h5-11,14H,1-4H3,(H,19,20)/t14-/m0/s1. The third-order valence-electron chi connectivity index (χ3n) is 3.34. The Morgan fingerprint density at radius 2 is 1.95 bits per heavy atom. The zero-order valence-electron chi connectivity index (χ0n) is 13.3. The summed E-state index contributed by atoms with van der Waals surface area (Å²) in [6, 6.07) is 13.7. The molecule has 0 aliphatic heterocycles. The highest BCUT2D eigenvalue weighted by Crippen LogP contribution is 2.21. The Morgan fingerprint density at radius 3 is 2.64 bits per heavy atom. The molecule has 1 atom stereocenters. The van der Waals surface area contributed by atoms with Gasteiger partial charge in [-0.3, -0.25) is 4.79 Å². The number of anilines is 1. The second-order valence-electron chi connectivity index (χ2n) is 5.25. The predicted octanol–water partition coefficient (Wildman–Crippen LogP) is 4.43. The van der Waals surface area contributed by atoms with Gasteiger partial charge in [0, 0.05) is 10.6 Å². The molecule has 116 valence electrons. The first-order chi connectivity index (χ1) is 10.5. The van der Waals surface area contributed by atoms with Crippen LogP contribution in [0.1, 0.15) is 18.1 Å². The Bertz CT molecular complexity index is 670. The van der Waals surface area contributed by atoms with E-state index in [4.69, 9.17) is 4.74 Å². The summed E-state index contributed by atoms with van der Waals surface area (Å²) in [6.07, 6.45) is 1.45. The number of thioether (sulfide) groups is 1. The van der Waals surface area contributed by atoms with Crippen molar-refractivity contribution in [1.82, 2.24) is 0 Å². The van der Waals surface area contributed by atoms with Gasteiger partial charge in [0.2, 0.25) is 0 Å². The Hall–Kier alpha value is -1.94. The molecule has 2 aromatic carbocycles. The Morgan fingerprint density at radius 1 is 1.18 bits per heavy atom. The Labute approximate surface area is 136 Å². The van der Waals surface area contributed by atoms with Crippen molar-refractivity contribution in [2.75, 3.05) is 11.6 Å². The summed E-state index contributed by atoms with van der Waals surface area (Å²) in [7, 11) is 0. The molecular weight excluding hydrogens is 294 g/mol. The lowest BCUT2D eigenvalue weighted by molar-refractivity contribution is -0.122. The summed E-state index contributed by atoms with van der Waals surface area (Å²) in [4.78, 5) is 13.4. The van der Waals surface area contributed by atoms with Crippen molar-refractivity contribution >= 4 is 23.4 Å². The van der Waals surface area contributed by atoms with Gasteiger partial charge in [-0.1, -0.05) is 23.8 Å². The van der Waals surface area contributed by atoms with Crippen LogP contribution < -0.4 is 10.1 Å². The monoisotopic (exact) mass is 315 g/mol. The molecule has 1 amide bonds. The molecule has 0 heterocycles. The van der Waals surface area contributed by atoms with Crippen LogP contribution in [-0.4, -0.2) is 18.3 Å². The van der Waals surface area contributed by atoms with Crippen LogP contribution in [0.4, 0.5) is 5.69 Å². The maximum Gasteiger partial charge on any atom is 0.265 e. The molecule has 3 nitrogen and oxygen atoms in total. The lowest BCUT2D eigenvalue weighted by Crippen LogP contribution is -2.30. The van der Waals surface area contributed by atoms with Crippen molar-refractivity contribution in [2.24, 2.45) is 0 Å². The number of aryl methyl sites for hydroxylation is 2. The van der Waals surface area contributed by atoms with Crippen molar-refractivity contribution in [1.29, 1.82) is 0 Å². The minimum Gasteiger partial charge on any atom is -0.481 e. The van der Waals surface area contributed by atoms with Gasteiger partial charge >= 0.3 is 0 Å². The first kappa shape index (κ1) is 16.4. The van der Waals surface area contributed by atoms with E-state index in [1.54, 1.807) is 18.7 Å². The van der Waals surface area contributed by atoms with E-state index in [2.05, 4.69) is 5.32 Å². The second kappa shape index (κ2) is 7.36. The molecule has 0 aromatic heterocycles. The summed E-state index contributed by atoms with van der Waals surface area (Å²) in [5.41, 5.74) is 2.99. The summed E-state index contributed by atoms with van der Waals surface area (Å²) < 4.78 is 5.77. The van der Waals surface area contributed by atoms with Crippen LogP contribution in [0.5, 0.6) is 5.75 Å². The minimum atomic E-state index is -0.556. The Kier molecular flexibility index (Phi) is 5.50. The van der Waals surface area contributed by atoms with Gasteiger partial charge < -0.3 is 10.1 Å². The van der Waals surface area contributed by atoms with Gasteiger partial charge in [0.05, 0.1) is 0 Å². The Balaban J connectivity index is 2.02.